The van der Waals surface area contributed by atoms with Gasteiger partial charge >= 0.3 is 6.29 Å². The molecule has 7 nitrogen and oxygen atoms in total. The third kappa shape index (κ3) is 4.43. The first-order chi connectivity index (χ1) is 18.5. The fourth-order valence-corrected chi connectivity index (χ4v) is 5.99. The van der Waals surface area contributed by atoms with Crippen molar-refractivity contribution < 1.29 is 31.5 Å². The number of fused-ring (bicyclic) bond motifs is 2. The molecule has 0 unspecified atom stereocenters. The van der Waals surface area contributed by atoms with Crippen LogP contribution >= 0.6 is 0 Å². The molecule has 39 heavy (non-hydrogen) atoms. The number of carbonyl (C=O) groups excluding carboxylic acids is 1. The van der Waals surface area contributed by atoms with Crippen molar-refractivity contribution in [3.8, 4) is 22.8 Å². The minimum atomic E-state index is -3.72. The summed E-state index contributed by atoms with van der Waals surface area (Å²) in [5.74, 6) is -0.201. The topological polar surface area (TPSA) is 94.6 Å². The van der Waals surface area contributed by atoms with E-state index in [0.717, 1.165) is 21.9 Å². The number of nitrogens with one attached hydrogen (secondary N) is 1. The van der Waals surface area contributed by atoms with Crippen LogP contribution in [0.15, 0.2) is 71.6 Å². The SMILES string of the molecule is CNS(=O)(=O)c1ccc(-c2nc(CC(=O)C3(c4ccc5c(c4)OC(F)(F)O5)CC3)cc3ccccc23)c(C)c1. The minimum absolute atomic E-state index is 0.0493. The van der Waals surface area contributed by atoms with Crippen molar-refractivity contribution in [1.29, 1.82) is 0 Å². The van der Waals surface area contributed by atoms with Crippen LogP contribution in [0.4, 0.5) is 8.78 Å². The zero-order valence-electron chi connectivity index (χ0n) is 21.1. The van der Waals surface area contributed by atoms with Crippen molar-refractivity contribution in [2.75, 3.05) is 7.05 Å². The first kappa shape index (κ1) is 25.4. The largest absolute Gasteiger partial charge is 0.586 e. The Hall–Kier alpha value is -3.89. The van der Waals surface area contributed by atoms with Gasteiger partial charge in [0.05, 0.1) is 16.0 Å². The van der Waals surface area contributed by atoms with Gasteiger partial charge in [-0.15, -0.1) is 8.78 Å². The Morgan fingerprint density at radius 3 is 2.46 bits per heavy atom. The standard InChI is InChI=1S/C29H24F2N2O5S/c1-17-13-21(39(35,36)32-2)8-9-22(17)27-23-6-4-3-5-18(23)14-20(33-27)16-26(34)28(11-12-28)19-7-10-24-25(15-19)38-29(30,31)37-24/h3-10,13-15,32H,11-12,16H2,1-2H3. The molecule has 0 saturated heterocycles. The molecule has 0 bridgehead atoms. The molecular weight excluding hydrogens is 526 g/mol. The van der Waals surface area contributed by atoms with Crippen LogP contribution in [-0.2, 0) is 26.7 Å². The predicted molar refractivity (Wildman–Crippen MR) is 140 cm³/mol. The summed E-state index contributed by atoms with van der Waals surface area (Å²) in [5, 5.41) is 1.77. The van der Waals surface area contributed by atoms with Gasteiger partial charge < -0.3 is 9.47 Å². The molecule has 1 N–H and O–H groups in total. The highest BCUT2D eigenvalue weighted by molar-refractivity contribution is 7.89. The average Bonchev–Trinajstić information content (AvgIpc) is 3.65. The number of pyridine rings is 1. The molecule has 200 valence electrons. The number of hydrogen-bond donors (Lipinski definition) is 1. The van der Waals surface area contributed by atoms with Crippen LogP contribution in [0, 0.1) is 6.92 Å². The second-order valence-corrected chi connectivity index (χ2v) is 11.8. The average molecular weight is 551 g/mol. The van der Waals surface area contributed by atoms with Gasteiger partial charge in [0, 0.05) is 23.1 Å². The number of sulfonamides is 1. The van der Waals surface area contributed by atoms with Crippen LogP contribution in [-0.4, -0.2) is 32.5 Å². The summed E-state index contributed by atoms with van der Waals surface area (Å²) in [6.45, 7) is 1.82. The molecule has 4 aromatic rings. The van der Waals surface area contributed by atoms with Crippen LogP contribution in [0.1, 0.15) is 29.7 Å². The van der Waals surface area contributed by atoms with E-state index in [1.165, 1.54) is 25.2 Å². The Kier molecular flexibility index (Phi) is 5.74. The molecule has 1 aliphatic heterocycles. The van der Waals surface area contributed by atoms with E-state index >= 15 is 0 Å². The molecule has 0 amide bonds. The smallest absolute Gasteiger partial charge is 0.395 e. The van der Waals surface area contributed by atoms with Gasteiger partial charge in [-0.2, -0.15) is 0 Å². The third-order valence-corrected chi connectivity index (χ3v) is 8.82. The molecule has 1 aliphatic carbocycles. The summed E-state index contributed by atoms with van der Waals surface area (Å²) >= 11 is 0. The highest BCUT2D eigenvalue weighted by Gasteiger charge is 2.52. The number of halogens is 2. The van der Waals surface area contributed by atoms with Gasteiger partial charge in [-0.05, 0) is 73.7 Å². The first-order valence-electron chi connectivity index (χ1n) is 12.4. The molecule has 2 heterocycles. The van der Waals surface area contributed by atoms with Crippen molar-refractivity contribution >= 4 is 26.6 Å². The monoisotopic (exact) mass is 550 g/mol. The number of hydrogen-bond acceptors (Lipinski definition) is 6. The number of benzene rings is 3. The van der Waals surface area contributed by atoms with Gasteiger partial charge in [0.1, 0.15) is 5.78 Å². The molecule has 1 fully saturated rings. The van der Waals surface area contributed by atoms with Crippen LogP contribution in [0.25, 0.3) is 22.0 Å². The molecule has 0 atom stereocenters. The number of rotatable bonds is 7. The zero-order chi connectivity index (χ0) is 27.6. The van der Waals surface area contributed by atoms with E-state index in [2.05, 4.69) is 14.2 Å². The number of Topliss-reactive ketones (excluding diaryl/α,β-unsaturated/α-hetero) is 1. The summed E-state index contributed by atoms with van der Waals surface area (Å²) in [6.07, 6.45) is -2.47. The van der Waals surface area contributed by atoms with Gasteiger partial charge in [-0.3, -0.25) is 9.78 Å². The Balaban J connectivity index is 1.36. The number of alkyl halides is 2. The maximum absolute atomic E-state index is 13.6. The summed E-state index contributed by atoms with van der Waals surface area (Å²) in [7, 11) is -2.25. The summed E-state index contributed by atoms with van der Waals surface area (Å²) in [4.78, 5) is 18.6. The molecule has 0 spiro atoms. The van der Waals surface area contributed by atoms with E-state index < -0.39 is 21.7 Å². The van der Waals surface area contributed by atoms with E-state index in [1.807, 2.05) is 37.3 Å². The van der Waals surface area contributed by atoms with Gasteiger partial charge in [0.15, 0.2) is 11.5 Å². The van der Waals surface area contributed by atoms with Crippen LogP contribution < -0.4 is 14.2 Å². The predicted octanol–water partition coefficient (Wildman–Crippen LogP) is 5.28. The quantitative estimate of drug-likeness (QED) is 0.336. The van der Waals surface area contributed by atoms with E-state index in [0.29, 0.717) is 29.8 Å². The fourth-order valence-electron chi connectivity index (χ4n) is 5.17. The first-order valence-corrected chi connectivity index (χ1v) is 13.9. The third-order valence-electron chi connectivity index (χ3n) is 7.40. The lowest BCUT2D eigenvalue weighted by molar-refractivity contribution is -0.286. The van der Waals surface area contributed by atoms with Crippen LogP contribution in [0.3, 0.4) is 0 Å². The van der Waals surface area contributed by atoms with Crippen LogP contribution in [0.5, 0.6) is 11.5 Å². The molecule has 1 saturated carbocycles. The number of aryl methyl sites for hydroxylation is 1. The Morgan fingerprint density at radius 1 is 1.00 bits per heavy atom. The lowest BCUT2D eigenvalue weighted by Crippen LogP contribution is -2.26. The van der Waals surface area contributed by atoms with Crippen LogP contribution in [0.2, 0.25) is 0 Å². The summed E-state index contributed by atoms with van der Waals surface area (Å²) < 4.78 is 63.0. The van der Waals surface area contributed by atoms with Crippen molar-refractivity contribution in [1.82, 2.24) is 9.71 Å². The normalized spacial score (nSPS) is 16.8. The van der Waals surface area contributed by atoms with Gasteiger partial charge in [0.2, 0.25) is 10.0 Å². The summed E-state index contributed by atoms with van der Waals surface area (Å²) in [5.41, 5.74) is 2.53. The Morgan fingerprint density at radius 2 is 1.74 bits per heavy atom. The zero-order valence-corrected chi connectivity index (χ0v) is 21.9. The highest BCUT2D eigenvalue weighted by Crippen LogP contribution is 2.52. The summed E-state index contributed by atoms with van der Waals surface area (Å²) in [6, 6.07) is 18.9. The van der Waals surface area contributed by atoms with Crippen molar-refractivity contribution in [2.45, 2.75) is 42.8 Å². The van der Waals surface area contributed by atoms with Gasteiger partial charge in [-0.25, -0.2) is 13.1 Å². The molecule has 6 rings (SSSR count). The minimum Gasteiger partial charge on any atom is -0.395 e. The molecule has 0 radical (unpaired) electrons. The molecule has 10 heteroatoms. The second-order valence-electron chi connectivity index (χ2n) is 9.88. The number of ether oxygens (including phenoxy) is 2. The number of carbonyl (C=O) groups is 1. The molecule has 1 aromatic heterocycles. The molecule has 3 aromatic carbocycles. The van der Waals surface area contributed by atoms with E-state index in [1.54, 1.807) is 18.2 Å². The molecular formula is C29H24F2N2O5S. The van der Waals surface area contributed by atoms with E-state index in [9.17, 15) is 22.0 Å². The van der Waals surface area contributed by atoms with Gasteiger partial charge in [0.25, 0.3) is 0 Å². The molecule has 2 aliphatic rings. The van der Waals surface area contributed by atoms with Gasteiger partial charge in [-0.1, -0.05) is 36.4 Å². The van der Waals surface area contributed by atoms with Crippen molar-refractivity contribution in [3.63, 3.8) is 0 Å². The van der Waals surface area contributed by atoms with Crippen molar-refractivity contribution in [2.24, 2.45) is 0 Å². The Labute approximate surface area is 223 Å². The Bertz CT molecular complexity index is 1770. The maximum atomic E-state index is 13.6. The second kappa shape index (κ2) is 8.82. The lowest BCUT2D eigenvalue weighted by Gasteiger charge is -2.16. The van der Waals surface area contributed by atoms with Crippen molar-refractivity contribution in [3.05, 3.63) is 83.6 Å². The maximum Gasteiger partial charge on any atom is 0.586 e. The van der Waals surface area contributed by atoms with E-state index in [4.69, 9.17) is 4.98 Å². The number of aromatic nitrogens is 1. The van der Waals surface area contributed by atoms with E-state index in [-0.39, 0.29) is 28.6 Å². The lowest BCUT2D eigenvalue weighted by atomic mass is 9.88. The fraction of sp³-hybridized carbons (Fsp3) is 0.241. The highest BCUT2D eigenvalue weighted by atomic mass is 32.2. The number of ketones is 1. The number of nitrogens with zero attached hydrogens (tertiary/aromatic N) is 1.